The highest BCUT2D eigenvalue weighted by atomic mass is 15.0. The number of nitrogens with one attached hydrogen (secondary N) is 1. The van der Waals surface area contributed by atoms with Crippen LogP contribution in [-0.2, 0) is 13.0 Å². The van der Waals surface area contributed by atoms with Gasteiger partial charge in [0.05, 0.1) is 24.8 Å². The Bertz CT molecular complexity index is 604. The van der Waals surface area contributed by atoms with Crippen molar-refractivity contribution < 1.29 is 0 Å². The van der Waals surface area contributed by atoms with Crippen molar-refractivity contribution in [2.75, 3.05) is 11.9 Å². The molecule has 0 fully saturated rings. The van der Waals surface area contributed by atoms with Crippen molar-refractivity contribution in [3.63, 3.8) is 0 Å². The van der Waals surface area contributed by atoms with E-state index in [-0.39, 0.29) is 0 Å². The Morgan fingerprint density at radius 2 is 2.39 bits per heavy atom. The SMILES string of the molecule is C#CCn1cncc1-c1cccc2c1NCCC2. The lowest BCUT2D eigenvalue weighted by atomic mass is 9.98. The first-order chi connectivity index (χ1) is 8.90. The molecule has 0 unspecified atom stereocenters. The van der Waals surface area contributed by atoms with E-state index in [1.807, 2.05) is 10.8 Å². The number of rotatable bonds is 2. The number of benzene rings is 1. The molecule has 0 bridgehead atoms. The van der Waals surface area contributed by atoms with Gasteiger partial charge in [0.1, 0.15) is 0 Å². The zero-order chi connectivity index (χ0) is 12.4. The highest BCUT2D eigenvalue weighted by Crippen LogP contribution is 2.33. The maximum atomic E-state index is 5.39. The maximum absolute atomic E-state index is 5.39. The molecular formula is C15H15N3. The van der Waals surface area contributed by atoms with Gasteiger partial charge in [-0.2, -0.15) is 0 Å². The summed E-state index contributed by atoms with van der Waals surface area (Å²) in [4.78, 5) is 4.21. The van der Waals surface area contributed by atoms with Crippen LogP contribution in [0.2, 0.25) is 0 Å². The van der Waals surface area contributed by atoms with E-state index < -0.39 is 0 Å². The van der Waals surface area contributed by atoms with Gasteiger partial charge in [0, 0.05) is 17.8 Å². The molecule has 3 rings (SSSR count). The van der Waals surface area contributed by atoms with Crippen molar-refractivity contribution in [3.05, 3.63) is 36.3 Å². The minimum Gasteiger partial charge on any atom is -0.384 e. The number of para-hydroxylation sites is 1. The summed E-state index contributed by atoms with van der Waals surface area (Å²) in [5.41, 5.74) is 4.90. The second-order valence-corrected chi connectivity index (χ2v) is 4.48. The third-order valence-corrected chi connectivity index (χ3v) is 3.33. The zero-order valence-electron chi connectivity index (χ0n) is 10.2. The third kappa shape index (κ3) is 1.76. The molecule has 2 heterocycles. The zero-order valence-corrected chi connectivity index (χ0v) is 10.2. The summed E-state index contributed by atoms with van der Waals surface area (Å²) in [6, 6.07) is 6.42. The van der Waals surface area contributed by atoms with Crippen molar-refractivity contribution in [1.29, 1.82) is 0 Å². The predicted molar refractivity (Wildman–Crippen MR) is 73.3 cm³/mol. The molecule has 0 radical (unpaired) electrons. The molecule has 0 spiro atoms. The predicted octanol–water partition coefficient (Wildman–Crippen LogP) is 2.54. The molecule has 0 aliphatic carbocycles. The van der Waals surface area contributed by atoms with Gasteiger partial charge in [-0.1, -0.05) is 24.1 Å². The van der Waals surface area contributed by atoms with E-state index in [1.165, 1.54) is 23.2 Å². The van der Waals surface area contributed by atoms with Crippen LogP contribution in [0, 0.1) is 12.3 Å². The first-order valence-electron chi connectivity index (χ1n) is 6.20. The molecule has 1 aliphatic rings. The van der Waals surface area contributed by atoms with Gasteiger partial charge in [0.15, 0.2) is 0 Å². The lowest BCUT2D eigenvalue weighted by molar-refractivity contribution is 0.825. The van der Waals surface area contributed by atoms with Gasteiger partial charge in [0.2, 0.25) is 0 Å². The van der Waals surface area contributed by atoms with Crippen LogP contribution >= 0.6 is 0 Å². The van der Waals surface area contributed by atoms with Crippen molar-refractivity contribution >= 4 is 5.69 Å². The Morgan fingerprint density at radius 1 is 1.44 bits per heavy atom. The molecule has 3 nitrogen and oxygen atoms in total. The summed E-state index contributed by atoms with van der Waals surface area (Å²) in [6.45, 7) is 1.59. The van der Waals surface area contributed by atoms with Crippen LogP contribution in [0.25, 0.3) is 11.3 Å². The number of aryl methyl sites for hydroxylation is 1. The Hall–Kier alpha value is -2.21. The van der Waals surface area contributed by atoms with E-state index in [4.69, 9.17) is 6.42 Å². The van der Waals surface area contributed by atoms with E-state index in [2.05, 4.69) is 34.4 Å². The minimum atomic E-state index is 0.555. The molecule has 0 amide bonds. The number of hydrogen-bond acceptors (Lipinski definition) is 2. The van der Waals surface area contributed by atoms with Crippen molar-refractivity contribution in [2.24, 2.45) is 0 Å². The lowest BCUT2D eigenvalue weighted by Crippen LogP contribution is -2.13. The molecule has 1 N–H and O–H groups in total. The van der Waals surface area contributed by atoms with Gasteiger partial charge in [-0.25, -0.2) is 4.98 Å². The fourth-order valence-electron chi connectivity index (χ4n) is 2.49. The normalized spacial score (nSPS) is 13.5. The Balaban J connectivity index is 2.12. The summed E-state index contributed by atoms with van der Waals surface area (Å²) in [5.74, 6) is 2.66. The number of fused-ring (bicyclic) bond motifs is 1. The molecule has 1 aromatic heterocycles. The van der Waals surface area contributed by atoms with Crippen molar-refractivity contribution in [2.45, 2.75) is 19.4 Å². The van der Waals surface area contributed by atoms with E-state index in [0.29, 0.717) is 6.54 Å². The molecule has 18 heavy (non-hydrogen) atoms. The van der Waals surface area contributed by atoms with E-state index in [1.54, 1.807) is 6.33 Å². The summed E-state index contributed by atoms with van der Waals surface area (Å²) in [5, 5.41) is 3.50. The Morgan fingerprint density at radius 3 is 3.28 bits per heavy atom. The van der Waals surface area contributed by atoms with E-state index in [0.717, 1.165) is 18.7 Å². The largest absolute Gasteiger partial charge is 0.384 e. The average Bonchev–Trinajstić information content (AvgIpc) is 2.87. The molecule has 3 heteroatoms. The van der Waals surface area contributed by atoms with Crippen molar-refractivity contribution in [3.8, 4) is 23.6 Å². The van der Waals surface area contributed by atoms with Gasteiger partial charge in [-0.05, 0) is 18.4 Å². The van der Waals surface area contributed by atoms with Crippen LogP contribution in [0.15, 0.2) is 30.7 Å². The van der Waals surface area contributed by atoms with E-state index >= 15 is 0 Å². The highest BCUT2D eigenvalue weighted by molar-refractivity contribution is 5.79. The van der Waals surface area contributed by atoms with Crippen LogP contribution < -0.4 is 5.32 Å². The van der Waals surface area contributed by atoms with Gasteiger partial charge < -0.3 is 9.88 Å². The van der Waals surface area contributed by atoms with Crippen LogP contribution in [0.1, 0.15) is 12.0 Å². The number of hydrogen-bond donors (Lipinski definition) is 1. The maximum Gasteiger partial charge on any atom is 0.0959 e. The van der Waals surface area contributed by atoms with Crippen molar-refractivity contribution in [1.82, 2.24) is 9.55 Å². The molecule has 0 saturated carbocycles. The molecule has 1 aromatic carbocycles. The molecule has 1 aliphatic heterocycles. The van der Waals surface area contributed by atoms with Crippen LogP contribution in [0.4, 0.5) is 5.69 Å². The number of imidazole rings is 1. The minimum absolute atomic E-state index is 0.555. The monoisotopic (exact) mass is 237 g/mol. The summed E-state index contributed by atoms with van der Waals surface area (Å²) in [7, 11) is 0. The van der Waals surface area contributed by atoms with E-state index in [9.17, 15) is 0 Å². The van der Waals surface area contributed by atoms with Gasteiger partial charge in [-0.15, -0.1) is 6.42 Å². The second-order valence-electron chi connectivity index (χ2n) is 4.48. The summed E-state index contributed by atoms with van der Waals surface area (Å²) < 4.78 is 2.01. The molecular weight excluding hydrogens is 222 g/mol. The number of terminal acetylenes is 1. The summed E-state index contributed by atoms with van der Waals surface area (Å²) in [6.07, 6.45) is 11.4. The van der Waals surface area contributed by atoms with Gasteiger partial charge in [0.25, 0.3) is 0 Å². The topological polar surface area (TPSA) is 29.9 Å². The quantitative estimate of drug-likeness (QED) is 0.813. The average molecular weight is 237 g/mol. The van der Waals surface area contributed by atoms with Gasteiger partial charge >= 0.3 is 0 Å². The molecule has 0 saturated heterocycles. The van der Waals surface area contributed by atoms with Crippen LogP contribution in [0.3, 0.4) is 0 Å². The standard InChI is InChI=1S/C15H15N3/c1-2-9-18-11-16-10-14(18)13-7-3-5-12-6-4-8-17-15(12)13/h1,3,5,7,10-11,17H,4,6,8-9H2. The van der Waals surface area contributed by atoms with Crippen LogP contribution in [0.5, 0.6) is 0 Å². The Kier molecular flexibility index (Phi) is 2.77. The second kappa shape index (κ2) is 4.58. The highest BCUT2D eigenvalue weighted by Gasteiger charge is 2.15. The molecule has 90 valence electrons. The summed E-state index contributed by atoms with van der Waals surface area (Å²) >= 11 is 0. The first-order valence-corrected chi connectivity index (χ1v) is 6.20. The fourth-order valence-corrected chi connectivity index (χ4v) is 2.49. The number of aromatic nitrogens is 2. The first kappa shape index (κ1) is 10.9. The molecule has 2 aromatic rings. The number of nitrogens with zero attached hydrogens (tertiary/aromatic N) is 2. The molecule has 0 atom stereocenters. The lowest BCUT2D eigenvalue weighted by Gasteiger charge is -2.21. The van der Waals surface area contributed by atoms with Crippen LogP contribution in [-0.4, -0.2) is 16.1 Å². The number of anilines is 1. The fraction of sp³-hybridized carbons (Fsp3) is 0.267. The smallest absolute Gasteiger partial charge is 0.0959 e. The third-order valence-electron chi connectivity index (χ3n) is 3.33. The van der Waals surface area contributed by atoms with Gasteiger partial charge in [-0.3, -0.25) is 0 Å². The Labute approximate surface area is 107 Å².